The molecule has 8 heteroatoms. The average molecular weight is 373 g/mol. The summed E-state index contributed by atoms with van der Waals surface area (Å²) in [6.07, 6.45) is 3.13. The third-order valence-electron chi connectivity index (χ3n) is 4.43. The highest BCUT2D eigenvalue weighted by atomic mass is 32.2. The first kappa shape index (κ1) is 18.2. The SMILES string of the molecule is CC[S@@](=O)c1ccccc1C(=O)N[C@@H]1CCc2ncc([N+](=O)[O-])cc2C1. The highest BCUT2D eigenvalue weighted by Crippen LogP contribution is 2.24. The molecule has 3 rings (SSSR count). The number of fused-ring (bicyclic) bond motifs is 1. The fraction of sp³-hybridized carbons (Fsp3) is 0.333. The van der Waals surface area contributed by atoms with E-state index in [4.69, 9.17) is 0 Å². The highest BCUT2D eigenvalue weighted by Gasteiger charge is 2.24. The summed E-state index contributed by atoms with van der Waals surface area (Å²) in [5, 5.41) is 13.9. The van der Waals surface area contributed by atoms with Crippen LogP contribution >= 0.6 is 0 Å². The molecular weight excluding hydrogens is 354 g/mol. The van der Waals surface area contributed by atoms with Crippen LogP contribution < -0.4 is 5.32 Å². The Hall–Kier alpha value is -2.61. The largest absolute Gasteiger partial charge is 0.349 e. The fourth-order valence-corrected chi connectivity index (χ4v) is 4.05. The molecule has 0 saturated carbocycles. The van der Waals surface area contributed by atoms with Gasteiger partial charge in [-0.2, -0.15) is 0 Å². The van der Waals surface area contributed by atoms with Crippen LogP contribution in [0.4, 0.5) is 5.69 Å². The van der Waals surface area contributed by atoms with E-state index < -0.39 is 15.7 Å². The van der Waals surface area contributed by atoms with Crippen LogP contribution in [0.2, 0.25) is 0 Å². The molecule has 7 nitrogen and oxygen atoms in total. The molecule has 0 unspecified atom stereocenters. The average Bonchev–Trinajstić information content (AvgIpc) is 2.66. The topological polar surface area (TPSA) is 102 Å². The molecule has 2 atom stereocenters. The second kappa shape index (κ2) is 7.74. The predicted molar refractivity (Wildman–Crippen MR) is 97.6 cm³/mol. The Labute approximate surface area is 153 Å². The second-order valence-corrected chi connectivity index (χ2v) is 7.81. The maximum atomic E-state index is 12.7. The second-order valence-electron chi connectivity index (χ2n) is 6.10. The van der Waals surface area contributed by atoms with Gasteiger partial charge >= 0.3 is 0 Å². The van der Waals surface area contributed by atoms with Crippen molar-refractivity contribution in [3.05, 3.63) is 63.5 Å². The minimum absolute atomic E-state index is 0.0422. The summed E-state index contributed by atoms with van der Waals surface area (Å²) >= 11 is 0. The maximum Gasteiger partial charge on any atom is 0.287 e. The van der Waals surface area contributed by atoms with Crippen LogP contribution in [0.15, 0.2) is 41.4 Å². The van der Waals surface area contributed by atoms with Gasteiger partial charge in [0.1, 0.15) is 6.20 Å². The van der Waals surface area contributed by atoms with Crippen LogP contribution in [-0.4, -0.2) is 31.8 Å². The quantitative estimate of drug-likeness (QED) is 0.640. The Kier molecular flexibility index (Phi) is 5.41. The van der Waals surface area contributed by atoms with Gasteiger partial charge < -0.3 is 5.32 Å². The van der Waals surface area contributed by atoms with E-state index in [9.17, 15) is 19.1 Å². The Balaban J connectivity index is 1.77. The summed E-state index contributed by atoms with van der Waals surface area (Å²) < 4.78 is 12.2. The number of pyridine rings is 1. The van der Waals surface area contributed by atoms with Crippen LogP contribution in [0.5, 0.6) is 0 Å². The summed E-state index contributed by atoms with van der Waals surface area (Å²) in [4.78, 5) is 27.8. The van der Waals surface area contributed by atoms with Crippen molar-refractivity contribution in [1.29, 1.82) is 0 Å². The summed E-state index contributed by atoms with van der Waals surface area (Å²) in [7, 11) is -1.22. The lowest BCUT2D eigenvalue weighted by atomic mass is 9.91. The molecule has 136 valence electrons. The van der Waals surface area contributed by atoms with Gasteiger partial charge in [0.15, 0.2) is 0 Å². The molecule has 0 bridgehead atoms. The number of carbonyl (C=O) groups excluding carboxylic acids is 1. The van der Waals surface area contributed by atoms with Crippen LogP contribution in [0, 0.1) is 10.1 Å². The van der Waals surface area contributed by atoms with Gasteiger partial charge in [0.2, 0.25) is 0 Å². The Morgan fingerprint density at radius 2 is 2.19 bits per heavy atom. The Morgan fingerprint density at radius 1 is 1.42 bits per heavy atom. The van der Waals surface area contributed by atoms with Crippen molar-refractivity contribution in [3.63, 3.8) is 0 Å². The van der Waals surface area contributed by atoms with E-state index in [1.807, 2.05) is 6.92 Å². The van der Waals surface area contributed by atoms with Gasteiger partial charge in [-0.15, -0.1) is 0 Å². The smallest absolute Gasteiger partial charge is 0.287 e. The first-order valence-electron chi connectivity index (χ1n) is 8.40. The molecule has 26 heavy (non-hydrogen) atoms. The first-order valence-corrected chi connectivity index (χ1v) is 9.72. The van der Waals surface area contributed by atoms with Gasteiger partial charge in [0.05, 0.1) is 26.2 Å². The maximum absolute atomic E-state index is 12.7. The Bertz CT molecular complexity index is 884. The number of hydrogen-bond acceptors (Lipinski definition) is 5. The van der Waals surface area contributed by atoms with Crippen LogP contribution in [0.3, 0.4) is 0 Å². The van der Waals surface area contributed by atoms with Gasteiger partial charge in [-0.05, 0) is 37.0 Å². The molecule has 1 aromatic carbocycles. The van der Waals surface area contributed by atoms with Crippen molar-refractivity contribution in [2.24, 2.45) is 0 Å². The first-order chi connectivity index (χ1) is 12.5. The van der Waals surface area contributed by atoms with E-state index in [1.54, 1.807) is 24.3 Å². The molecule has 1 heterocycles. The molecule has 1 N–H and O–H groups in total. The van der Waals surface area contributed by atoms with Crippen LogP contribution in [-0.2, 0) is 23.6 Å². The third-order valence-corrected chi connectivity index (χ3v) is 5.80. The van der Waals surface area contributed by atoms with E-state index in [0.717, 1.165) is 11.3 Å². The predicted octanol–water partition coefficient (Wildman–Crippen LogP) is 2.40. The molecular formula is C18H19N3O4S. The van der Waals surface area contributed by atoms with E-state index in [-0.39, 0.29) is 17.6 Å². The number of nitrogens with zero attached hydrogens (tertiary/aromatic N) is 2. The Morgan fingerprint density at radius 3 is 2.92 bits per heavy atom. The van der Waals surface area contributed by atoms with Gasteiger partial charge in [0.25, 0.3) is 11.6 Å². The summed E-state index contributed by atoms with van der Waals surface area (Å²) in [6.45, 7) is 1.81. The van der Waals surface area contributed by atoms with Crippen molar-refractivity contribution in [2.75, 3.05) is 5.75 Å². The number of amides is 1. The van der Waals surface area contributed by atoms with E-state index in [2.05, 4.69) is 10.3 Å². The van der Waals surface area contributed by atoms with E-state index in [1.165, 1.54) is 12.3 Å². The number of nitrogens with one attached hydrogen (secondary N) is 1. The number of aromatic nitrogens is 1. The zero-order chi connectivity index (χ0) is 18.7. The molecule has 2 aromatic rings. The van der Waals surface area contributed by atoms with Gasteiger partial charge in [-0.1, -0.05) is 19.1 Å². The van der Waals surface area contributed by atoms with Gasteiger partial charge in [0, 0.05) is 23.6 Å². The number of carbonyl (C=O) groups is 1. The molecule has 0 saturated heterocycles. The molecule has 1 aliphatic carbocycles. The normalized spacial score (nSPS) is 17.2. The number of nitro groups is 1. The van der Waals surface area contributed by atoms with E-state index >= 15 is 0 Å². The minimum atomic E-state index is -1.22. The molecule has 0 fully saturated rings. The van der Waals surface area contributed by atoms with Crippen LogP contribution in [0.25, 0.3) is 0 Å². The lowest BCUT2D eigenvalue weighted by Gasteiger charge is -2.25. The van der Waals surface area contributed by atoms with Gasteiger partial charge in [-0.3, -0.25) is 24.1 Å². The van der Waals surface area contributed by atoms with Gasteiger partial charge in [-0.25, -0.2) is 0 Å². The number of aryl methyl sites for hydroxylation is 1. The zero-order valence-corrected chi connectivity index (χ0v) is 15.1. The molecule has 0 spiro atoms. The van der Waals surface area contributed by atoms with Crippen molar-refractivity contribution in [2.45, 2.75) is 37.1 Å². The number of benzene rings is 1. The highest BCUT2D eigenvalue weighted by molar-refractivity contribution is 7.85. The van der Waals surface area contributed by atoms with Crippen molar-refractivity contribution < 1.29 is 13.9 Å². The van der Waals surface area contributed by atoms with Crippen molar-refractivity contribution >= 4 is 22.4 Å². The summed E-state index contributed by atoms with van der Waals surface area (Å²) in [5.41, 5.74) is 2.00. The van der Waals surface area contributed by atoms with Crippen molar-refractivity contribution in [3.8, 4) is 0 Å². The molecule has 1 amide bonds. The molecule has 0 aliphatic heterocycles. The van der Waals surface area contributed by atoms with Crippen molar-refractivity contribution in [1.82, 2.24) is 10.3 Å². The lowest BCUT2D eigenvalue weighted by molar-refractivity contribution is -0.385. The third kappa shape index (κ3) is 3.80. The monoisotopic (exact) mass is 373 g/mol. The molecule has 1 aliphatic rings. The summed E-state index contributed by atoms with van der Waals surface area (Å²) in [6, 6.07) is 8.28. The number of rotatable bonds is 5. The number of hydrogen-bond donors (Lipinski definition) is 1. The molecule has 0 radical (unpaired) electrons. The molecule has 1 aromatic heterocycles. The van der Waals surface area contributed by atoms with Crippen LogP contribution in [0.1, 0.15) is 35.0 Å². The minimum Gasteiger partial charge on any atom is -0.349 e. The standard InChI is InChI=1S/C18H19N3O4S/c1-2-26(25)17-6-4-3-5-15(17)18(22)20-13-7-8-16-12(9-13)10-14(11-19-16)21(23)24/h3-6,10-11,13H,2,7-9H2,1H3,(H,20,22)/t13-,26-/m1/s1. The summed E-state index contributed by atoms with van der Waals surface area (Å²) in [5.74, 6) is 0.172. The fourth-order valence-electron chi connectivity index (χ4n) is 3.10. The van der Waals surface area contributed by atoms with E-state index in [0.29, 0.717) is 35.5 Å². The lowest BCUT2D eigenvalue weighted by Crippen LogP contribution is -2.39. The zero-order valence-electron chi connectivity index (χ0n) is 14.3.